The van der Waals surface area contributed by atoms with Crippen LogP contribution in [-0.2, 0) is 4.79 Å². The molecule has 5 heteroatoms. The fourth-order valence-corrected chi connectivity index (χ4v) is 2.69. The first-order valence-corrected chi connectivity index (χ1v) is 8.74. The van der Waals surface area contributed by atoms with E-state index in [2.05, 4.69) is 5.32 Å². The molecule has 2 rings (SSSR count). The molecule has 26 heavy (non-hydrogen) atoms. The van der Waals surface area contributed by atoms with Crippen LogP contribution in [0.25, 0.3) is 0 Å². The quantitative estimate of drug-likeness (QED) is 0.774. The average molecular weight is 357 g/mol. The summed E-state index contributed by atoms with van der Waals surface area (Å²) in [7, 11) is 3.19. The highest BCUT2D eigenvalue weighted by Crippen LogP contribution is 2.30. The van der Waals surface area contributed by atoms with Crippen LogP contribution in [0.2, 0.25) is 0 Å². The van der Waals surface area contributed by atoms with Gasteiger partial charge in [-0.3, -0.25) is 4.79 Å². The lowest BCUT2D eigenvalue weighted by Crippen LogP contribution is -2.39. The van der Waals surface area contributed by atoms with E-state index in [1.54, 1.807) is 14.2 Å². The molecule has 0 aliphatic rings. The standard InChI is InChI=1S/C21H27NO4/c1-6-18(26-17-9-7-8-14(2)12-17)21(23)22-15(3)16-10-11-19(24-4)20(13-16)25-5/h7-13,15,18H,6H2,1-5H3,(H,22,23)/t15-,18-/m1/s1. The van der Waals surface area contributed by atoms with E-state index in [0.717, 1.165) is 11.1 Å². The SMILES string of the molecule is CC[C@@H](Oc1cccc(C)c1)C(=O)N[C@H](C)c1ccc(OC)c(OC)c1. The molecule has 0 aliphatic carbocycles. The molecule has 140 valence electrons. The Bertz CT molecular complexity index is 745. The van der Waals surface area contributed by atoms with E-state index in [9.17, 15) is 4.79 Å². The topological polar surface area (TPSA) is 56.8 Å². The molecule has 0 bridgehead atoms. The van der Waals surface area contributed by atoms with Crippen LogP contribution < -0.4 is 19.5 Å². The number of aryl methyl sites for hydroxylation is 1. The number of nitrogens with one attached hydrogen (secondary N) is 1. The molecular weight excluding hydrogens is 330 g/mol. The third-order valence-electron chi connectivity index (χ3n) is 4.20. The fourth-order valence-electron chi connectivity index (χ4n) is 2.69. The van der Waals surface area contributed by atoms with Crippen molar-refractivity contribution < 1.29 is 19.0 Å². The van der Waals surface area contributed by atoms with Crippen molar-refractivity contribution in [3.8, 4) is 17.2 Å². The summed E-state index contributed by atoms with van der Waals surface area (Å²) in [5, 5.41) is 3.01. The number of carbonyl (C=O) groups is 1. The zero-order valence-corrected chi connectivity index (χ0v) is 16.0. The Morgan fingerprint density at radius 1 is 1.08 bits per heavy atom. The van der Waals surface area contributed by atoms with Crippen LogP contribution >= 0.6 is 0 Å². The molecule has 0 saturated carbocycles. The molecule has 2 aromatic rings. The summed E-state index contributed by atoms with van der Waals surface area (Å²) in [6.45, 7) is 5.85. The smallest absolute Gasteiger partial charge is 0.261 e. The molecule has 0 aliphatic heterocycles. The average Bonchev–Trinajstić information content (AvgIpc) is 2.65. The van der Waals surface area contributed by atoms with Gasteiger partial charge < -0.3 is 19.5 Å². The number of amides is 1. The second-order valence-electron chi connectivity index (χ2n) is 6.18. The van der Waals surface area contributed by atoms with Crippen molar-refractivity contribution in [3.63, 3.8) is 0 Å². The predicted molar refractivity (Wildman–Crippen MR) is 102 cm³/mol. The van der Waals surface area contributed by atoms with Gasteiger partial charge in [0.15, 0.2) is 17.6 Å². The first kappa shape index (κ1) is 19.6. The summed E-state index contributed by atoms with van der Waals surface area (Å²) in [4.78, 5) is 12.6. The van der Waals surface area contributed by atoms with Gasteiger partial charge in [-0.2, -0.15) is 0 Å². The Kier molecular flexibility index (Phi) is 6.89. The van der Waals surface area contributed by atoms with Crippen LogP contribution in [0.1, 0.15) is 37.4 Å². The first-order chi connectivity index (χ1) is 12.5. The Balaban J connectivity index is 2.06. The molecule has 1 amide bonds. The zero-order chi connectivity index (χ0) is 19.1. The van der Waals surface area contributed by atoms with Gasteiger partial charge >= 0.3 is 0 Å². The lowest BCUT2D eigenvalue weighted by molar-refractivity contribution is -0.128. The number of ether oxygens (including phenoxy) is 3. The second-order valence-corrected chi connectivity index (χ2v) is 6.18. The number of hydrogen-bond acceptors (Lipinski definition) is 4. The fraction of sp³-hybridized carbons (Fsp3) is 0.381. The van der Waals surface area contributed by atoms with Gasteiger partial charge in [0.1, 0.15) is 5.75 Å². The molecular formula is C21H27NO4. The van der Waals surface area contributed by atoms with Gasteiger partial charge in [-0.1, -0.05) is 25.1 Å². The Morgan fingerprint density at radius 2 is 1.81 bits per heavy atom. The highest BCUT2D eigenvalue weighted by Gasteiger charge is 2.21. The van der Waals surface area contributed by atoms with Gasteiger partial charge in [0.05, 0.1) is 20.3 Å². The predicted octanol–water partition coefficient (Wildman–Crippen LogP) is 4.05. The van der Waals surface area contributed by atoms with Crippen LogP contribution in [0, 0.1) is 6.92 Å². The first-order valence-electron chi connectivity index (χ1n) is 8.74. The summed E-state index contributed by atoms with van der Waals surface area (Å²) in [5.41, 5.74) is 2.03. The molecule has 2 atom stereocenters. The van der Waals surface area contributed by atoms with Crippen molar-refractivity contribution in [2.45, 2.75) is 39.3 Å². The maximum Gasteiger partial charge on any atom is 0.261 e. The van der Waals surface area contributed by atoms with Crippen molar-refractivity contribution in [1.29, 1.82) is 0 Å². The largest absolute Gasteiger partial charge is 0.493 e. The normalized spacial score (nSPS) is 12.8. The molecule has 0 fully saturated rings. The summed E-state index contributed by atoms with van der Waals surface area (Å²) in [6.07, 6.45) is 0.0395. The minimum atomic E-state index is -0.542. The summed E-state index contributed by atoms with van der Waals surface area (Å²) in [6, 6.07) is 13.1. The highest BCUT2D eigenvalue weighted by atomic mass is 16.5. The van der Waals surface area contributed by atoms with E-state index in [-0.39, 0.29) is 11.9 Å². The van der Waals surface area contributed by atoms with Gasteiger partial charge in [0.25, 0.3) is 5.91 Å². The lowest BCUT2D eigenvalue weighted by atomic mass is 10.1. The zero-order valence-electron chi connectivity index (χ0n) is 16.0. The van der Waals surface area contributed by atoms with Crippen LogP contribution in [-0.4, -0.2) is 26.2 Å². The molecule has 2 aromatic carbocycles. The van der Waals surface area contributed by atoms with Gasteiger partial charge in [0.2, 0.25) is 0 Å². The summed E-state index contributed by atoms with van der Waals surface area (Å²) < 4.78 is 16.4. The number of hydrogen-bond donors (Lipinski definition) is 1. The number of carbonyl (C=O) groups excluding carboxylic acids is 1. The Morgan fingerprint density at radius 3 is 2.42 bits per heavy atom. The van der Waals surface area contributed by atoms with Crippen LogP contribution in [0.5, 0.6) is 17.2 Å². The van der Waals surface area contributed by atoms with Crippen LogP contribution in [0.15, 0.2) is 42.5 Å². The van der Waals surface area contributed by atoms with E-state index in [1.165, 1.54) is 0 Å². The van der Waals surface area contributed by atoms with Gasteiger partial charge in [0, 0.05) is 0 Å². The number of benzene rings is 2. The van der Waals surface area contributed by atoms with Crippen molar-refractivity contribution >= 4 is 5.91 Å². The lowest BCUT2D eigenvalue weighted by Gasteiger charge is -2.21. The molecule has 0 aromatic heterocycles. The minimum Gasteiger partial charge on any atom is -0.493 e. The molecule has 0 saturated heterocycles. The number of rotatable bonds is 8. The summed E-state index contributed by atoms with van der Waals surface area (Å²) in [5.74, 6) is 1.85. The maximum absolute atomic E-state index is 12.6. The molecule has 0 spiro atoms. The van der Waals surface area contributed by atoms with Crippen molar-refractivity contribution in [2.24, 2.45) is 0 Å². The molecule has 0 heterocycles. The van der Waals surface area contributed by atoms with E-state index >= 15 is 0 Å². The van der Waals surface area contributed by atoms with Gasteiger partial charge in [-0.15, -0.1) is 0 Å². The third-order valence-corrected chi connectivity index (χ3v) is 4.20. The number of methoxy groups -OCH3 is 2. The van der Waals surface area contributed by atoms with Crippen LogP contribution in [0.4, 0.5) is 0 Å². The molecule has 0 unspecified atom stereocenters. The van der Waals surface area contributed by atoms with Crippen molar-refractivity contribution in [1.82, 2.24) is 5.32 Å². The highest BCUT2D eigenvalue weighted by molar-refractivity contribution is 5.81. The minimum absolute atomic E-state index is 0.142. The van der Waals surface area contributed by atoms with Gasteiger partial charge in [-0.05, 0) is 55.7 Å². The van der Waals surface area contributed by atoms with Gasteiger partial charge in [-0.25, -0.2) is 0 Å². The third kappa shape index (κ3) is 4.91. The Labute approximate surface area is 155 Å². The van der Waals surface area contributed by atoms with E-state index in [0.29, 0.717) is 23.7 Å². The Hall–Kier alpha value is -2.69. The molecule has 0 radical (unpaired) electrons. The maximum atomic E-state index is 12.6. The van der Waals surface area contributed by atoms with Crippen LogP contribution in [0.3, 0.4) is 0 Å². The monoisotopic (exact) mass is 357 g/mol. The van der Waals surface area contributed by atoms with E-state index in [1.807, 2.05) is 63.2 Å². The van der Waals surface area contributed by atoms with Crippen molar-refractivity contribution in [2.75, 3.05) is 14.2 Å². The van der Waals surface area contributed by atoms with E-state index in [4.69, 9.17) is 14.2 Å². The molecule has 5 nitrogen and oxygen atoms in total. The van der Waals surface area contributed by atoms with E-state index < -0.39 is 6.10 Å². The summed E-state index contributed by atoms with van der Waals surface area (Å²) >= 11 is 0. The molecule has 1 N–H and O–H groups in total. The van der Waals surface area contributed by atoms with Crippen molar-refractivity contribution in [3.05, 3.63) is 53.6 Å². The second kappa shape index (κ2) is 9.13.